The van der Waals surface area contributed by atoms with E-state index in [4.69, 9.17) is 0 Å². The molecule has 1 amide bonds. The summed E-state index contributed by atoms with van der Waals surface area (Å²) in [5, 5.41) is 13.3. The molecule has 0 bridgehead atoms. The van der Waals surface area contributed by atoms with Gasteiger partial charge in [0.05, 0.1) is 10.8 Å². The van der Waals surface area contributed by atoms with Gasteiger partial charge in [-0.15, -0.1) is 0 Å². The van der Waals surface area contributed by atoms with Crippen molar-refractivity contribution in [1.82, 2.24) is 5.32 Å². The zero-order valence-electron chi connectivity index (χ0n) is 12.5. The molecular formula is C15H17F3N2O3. The molecule has 1 aliphatic carbocycles. The lowest BCUT2D eigenvalue weighted by Crippen LogP contribution is -2.47. The Morgan fingerprint density at radius 3 is 2.57 bits per heavy atom. The molecule has 0 radical (unpaired) electrons. The zero-order chi connectivity index (χ0) is 17.2. The second-order valence-corrected chi connectivity index (χ2v) is 5.77. The van der Waals surface area contributed by atoms with Crippen LogP contribution in [-0.2, 0) is 0 Å². The van der Waals surface area contributed by atoms with Crippen LogP contribution in [0.1, 0.15) is 41.6 Å². The number of alkyl halides is 3. The SMILES string of the molecule is Cc1ccc(C(=O)N[C@H]2CCCC[C@@H]2C(F)(F)F)cc1[N+](=O)[O-]. The number of hydrogen-bond donors (Lipinski definition) is 1. The van der Waals surface area contributed by atoms with Gasteiger partial charge < -0.3 is 5.32 Å². The Morgan fingerprint density at radius 2 is 1.96 bits per heavy atom. The standard InChI is InChI=1S/C15H17F3N2O3/c1-9-6-7-10(8-13(9)20(22)23)14(21)19-12-5-3-2-4-11(12)15(16,17)18/h6-8,11-12H,2-5H2,1H3,(H,19,21)/t11-,12-/m0/s1. The molecule has 5 nitrogen and oxygen atoms in total. The monoisotopic (exact) mass is 330 g/mol. The van der Waals surface area contributed by atoms with Gasteiger partial charge in [-0.1, -0.05) is 18.9 Å². The van der Waals surface area contributed by atoms with E-state index < -0.39 is 29.0 Å². The van der Waals surface area contributed by atoms with Crippen molar-refractivity contribution in [2.24, 2.45) is 5.92 Å². The van der Waals surface area contributed by atoms with E-state index in [9.17, 15) is 28.1 Å². The minimum atomic E-state index is -4.36. The molecule has 1 aromatic rings. The van der Waals surface area contributed by atoms with Crippen LogP contribution < -0.4 is 5.32 Å². The number of nitro groups is 1. The largest absolute Gasteiger partial charge is 0.393 e. The number of halogens is 3. The molecule has 8 heteroatoms. The minimum Gasteiger partial charge on any atom is -0.349 e. The predicted molar refractivity (Wildman–Crippen MR) is 77.1 cm³/mol. The van der Waals surface area contributed by atoms with E-state index in [-0.39, 0.29) is 24.1 Å². The number of nitrogens with one attached hydrogen (secondary N) is 1. The van der Waals surface area contributed by atoms with Crippen LogP contribution >= 0.6 is 0 Å². The van der Waals surface area contributed by atoms with Crippen LogP contribution in [0.2, 0.25) is 0 Å². The molecule has 0 spiro atoms. The van der Waals surface area contributed by atoms with Gasteiger partial charge in [0, 0.05) is 23.2 Å². The van der Waals surface area contributed by atoms with Crippen molar-refractivity contribution in [2.75, 3.05) is 0 Å². The van der Waals surface area contributed by atoms with Crippen molar-refractivity contribution in [3.8, 4) is 0 Å². The number of nitrogens with zero attached hydrogens (tertiary/aromatic N) is 1. The van der Waals surface area contributed by atoms with Crippen LogP contribution in [0.4, 0.5) is 18.9 Å². The first-order chi connectivity index (χ1) is 10.7. The molecule has 2 rings (SSSR count). The summed E-state index contributed by atoms with van der Waals surface area (Å²) in [6.07, 6.45) is -3.03. The number of benzene rings is 1. The number of carbonyl (C=O) groups excluding carboxylic acids is 1. The molecule has 1 N–H and O–H groups in total. The first-order valence-electron chi connectivity index (χ1n) is 7.33. The second-order valence-electron chi connectivity index (χ2n) is 5.77. The smallest absolute Gasteiger partial charge is 0.349 e. The molecule has 0 heterocycles. The molecule has 1 aliphatic rings. The molecule has 1 fully saturated rings. The maximum atomic E-state index is 13.0. The first-order valence-corrected chi connectivity index (χ1v) is 7.33. The van der Waals surface area contributed by atoms with Gasteiger partial charge in [-0.2, -0.15) is 13.2 Å². The van der Waals surface area contributed by atoms with E-state index in [2.05, 4.69) is 5.32 Å². The van der Waals surface area contributed by atoms with E-state index in [1.807, 2.05) is 0 Å². The van der Waals surface area contributed by atoms with E-state index in [1.54, 1.807) is 0 Å². The summed E-state index contributed by atoms with van der Waals surface area (Å²) in [5.41, 5.74) is 0.153. The highest BCUT2D eigenvalue weighted by Gasteiger charge is 2.46. The normalized spacial score (nSPS) is 21.7. The fourth-order valence-corrected chi connectivity index (χ4v) is 2.89. The predicted octanol–water partition coefficient (Wildman–Crippen LogP) is 3.75. The van der Waals surface area contributed by atoms with Crippen molar-refractivity contribution in [3.63, 3.8) is 0 Å². The molecular weight excluding hydrogens is 313 g/mol. The fourth-order valence-electron chi connectivity index (χ4n) is 2.89. The highest BCUT2D eigenvalue weighted by molar-refractivity contribution is 5.95. The molecule has 0 aromatic heterocycles. The summed E-state index contributed by atoms with van der Waals surface area (Å²) in [6, 6.07) is 2.89. The highest BCUT2D eigenvalue weighted by Crippen LogP contribution is 2.37. The maximum absolute atomic E-state index is 13.0. The molecule has 126 valence electrons. The third kappa shape index (κ3) is 4.00. The number of aryl methyl sites for hydroxylation is 1. The maximum Gasteiger partial charge on any atom is 0.393 e. The lowest BCUT2D eigenvalue weighted by Gasteiger charge is -2.33. The van der Waals surface area contributed by atoms with Crippen molar-refractivity contribution < 1.29 is 22.9 Å². The summed E-state index contributed by atoms with van der Waals surface area (Å²) in [5.74, 6) is -2.28. The summed E-state index contributed by atoms with van der Waals surface area (Å²) >= 11 is 0. The number of rotatable bonds is 3. The van der Waals surface area contributed by atoms with E-state index >= 15 is 0 Å². The first kappa shape index (κ1) is 17.2. The van der Waals surface area contributed by atoms with Gasteiger partial charge in [-0.05, 0) is 25.8 Å². The van der Waals surface area contributed by atoms with Crippen molar-refractivity contribution in [1.29, 1.82) is 0 Å². The zero-order valence-corrected chi connectivity index (χ0v) is 12.5. The van der Waals surface area contributed by atoms with Gasteiger partial charge in [0.25, 0.3) is 11.6 Å². The lowest BCUT2D eigenvalue weighted by atomic mass is 9.84. The lowest BCUT2D eigenvalue weighted by molar-refractivity contribution is -0.385. The number of carbonyl (C=O) groups is 1. The average molecular weight is 330 g/mol. The topological polar surface area (TPSA) is 72.2 Å². The molecule has 1 aromatic carbocycles. The van der Waals surface area contributed by atoms with Crippen LogP contribution in [-0.4, -0.2) is 23.0 Å². The van der Waals surface area contributed by atoms with Gasteiger partial charge in [0.15, 0.2) is 0 Å². The van der Waals surface area contributed by atoms with Gasteiger partial charge in [-0.3, -0.25) is 14.9 Å². The molecule has 2 atom stereocenters. The molecule has 1 saturated carbocycles. The Balaban J connectivity index is 2.17. The number of hydrogen-bond acceptors (Lipinski definition) is 3. The van der Waals surface area contributed by atoms with Crippen LogP contribution in [0.5, 0.6) is 0 Å². The second kappa shape index (κ2) is 6.55. The fraction of sp³-hybridized carbons (Fsp3) is 0.533. The average Bonchev–Trinajstić information content (AvgIpc) is 2.46. The highest BCUT2D eigenvalue weighted by atomic mass is 19.4. The Bertz CT molecular complexity index is 616. The molecule has 0 aliphatic heterocycles. The Morgan fingerprint density at radius 1 is 1.30 bits per heavy atom. The minimum absolute atomic E-state index is 0.00574. The summed E-state index contributed by atoms with van der Waals surface area (Å²) in [7, 11) is 0. The van der Waals surface area contributed by atoms with Crippen LogP contribution in [0.3, 0.4) is 0 Å². The Labute approximate surface area is 131 Å². The van der Waals surface area contributed by atoms with E-state index in [0.29, 0.717) is 18.4 Å². The van der Waals surface area contributed by atoms with Gasteiger partial charge in [0.1, 0.15) is 0 Å². The van der Waals surface area contributed by atoms with Crippen molar-refractivity contribution >= 4 is 11.6 Å². The summed E-state index contributed by atoms with van der Waals surface area (Å²) < 4.78 is 39.1. The van der Waals surface area contributed by atoms with Gasteiger partial charge in [-0.25, -0.2) is 0 Å². The third-order valence-electron chi connectivity index (χ3n) is 4.17. The summed E-state index contributed by atoms with van der Waals surface area (Å²) in [6.45, 7) is 1.53. The Hall–Kier alpha value is -2.12. The van der Waals surface area contributed by atoms with E-state index in [0.717, 1.165) is 6.07 Å². The molecule has 0 saturated heterocycles. The van der Waals surface area contributed by atoms with Gasteiger partial charge in [0.2, 0.25) is 0 Å². The van der Waals surface area contributed by atoms with Crippen molar-refractivity contribution in [2.45, 2.75) is 44.8 Å². The number of nitro benzene ring substituents is 1. The third-order valence-corrected chi connectivity index (χ3v) is 4.17. The van der Waals surface area contributed by atoms with Crippen LogP contribution in [0.15, 0.2) is 18.2 Å². The van der Waals surface area contributed by atoms with Crippen LogP contribution in [0.25, 0.3) is 0 Å². The molecule has 23 heavy (non-hydrogen) atoms. The van der Waals surface area contributed by atoms with Crippen LogP contribution in [0, 0.1) is 23.0 Å². The van der Waals surface area contributed by atoms with E-state index in [1.165, 1.54) is 19.1 Å². The quantitative estimate of drug-likeness (QED) is 0.677. The number of amides is 1. The van der Waals surface area contributed by atoms with Crippen molar-refractivity contribution in [3.05, 3.63) is 39.4 Å². The molecule has 0 unspecified atom stereocenters. The van der Waals surface area contributed by atoms with Gasteiger partial charge >= 0.3 is 6.18 Å². The Kier molecular flexibility index (Phi) is 4.91. The summed E-state index contributed by atoms with van der Waals surface area (Å²) in [4.78, 5) is 22.4.